The van der Waals surface area contributed by atoms with Crippen LogP contribution in [-0.4, -0.2) is 28.5 Å². The Morgan fingerprint density at radius 1 is 1.26 bits per heavy atom. The summed E-state index contributed by atoms with van der Waals surface area (Å²) >= 11 is 0. The van der Waals surface area contributed by atoms with Gasteiger partial charge in [-0.05, 0) is 43.7 Å². The molecule has 3 heterocycles. The number of carbonyl (C=O) groups is 1. The summed E-state index contributed by atoms with van der Waals surface area (Å²) in [5.74, 6) is 2.17. The van der Waals surface area contributed by atoms with E-state index >= 15 is 0 Å². The zero-order valence-corrected chi connectivity index (χ0v) is 13.2. The van der Waals surface area contributed by atoms with Crippen molar-refractivity contribution in [3.8, 4) is 12.0 Å². The summed E-state index contributed by atoms with van der Waals surface area (Å²) in [4.78, 5) is 14.9. The van der Waals surface area contributed by atoms with Gasteiger partial charge in [0, 0.05) is 25.5 Å². The summed E-state index contributed by atoms with van der Waals surface area (Å²) in [6, 6.07) is 5.89. The number of aryl methyl sites for hydroxylation is 1. The highest BCUT2D eigenvalue weighted by Crippen LogP contribution is 2.39. The Kier molecular flexibility index (Phi) is 3.26. The largest absolute Gasteiger partial charge is 0.443 e. The Hall–Kier alpha value is -2.48. The molecule has 0 unspecified atom stereocenters. The number of furan rings is 1. The molecule has 0 radical (unpaired) electrons. The van der Waals surface area contributed by atoms with Gasteiger partial charge < -0.3 is 9.32 Å². The standard InChI is InChI=1S/C18H19N3O2/c1-12-16(15(9-19)18(23-12)20-7-2-3-8-20)17(22)21-10-13-5-4-6-14(13)11-21/h2-3,7-8,13-14H,4-6,10-11H2,1H3/t13-,14-/m1/s1. The first-order chi connectivity index (χ1) is 11.2. The Balaban J connectivity index is 1.69. The van der Waals surface area contributed by atoms with Crippen LogP contribution in [0.25, 0.3) is 5.88 Å². The fourth-order valence-electron chi connectivity index (χ4n) is 4.10. The maximum atomic E-state index is 13.0. The van der Waals surface area contributed by atoms with Crippen molar-refractivity contribution < 1.29 is 9.21 Å². The summed E-state index contributed by atoms with van der Waals surface area (Å²) in [6.07, 6.45) is 7.35. The van der Waals surface area contributed by atoms with E-state index in [0.29, 0.717) is 34.6 Å². The summed E-state index contributed by atoms with van der Waals surface area (Å²) in [5, 5.41) is 9.57. The van der Waals surface area contributed by atoms with Crippen LogP contribution in [0.2, 0.25) is 0 Å². The van der Waals surface area contributed by atoms with Crippen LogP contribution < -0.4 is 0 Å². The van der Waals surface area contributed by atoms with Crippen LogP contribution in [0.4, 0.5) is 0 Å². The number of fused-ring (bicyclic) bond motifs is 1. The maximum Gasteiger partial charge on any atom is 0.258 e. The number of nitriles is 1. The summed E-state index contributed by atoms with van der Waals surface area (Å²) in [6.45, 7) is 3.40. The van der Waals surface area contributed by atoms with Crippen molar-refractivity contribution in [3.63, 3.8) is 0 Å². The lowest BCUT2D eigenvalue weighted by atomic mass is 10.0. The molecule has 118 valence electrons. The minimum atomic E-state index is -0.0596. The molecule has 1 saturated heterocycles. The van der Waals surface area contributed by atoms with E-state index < -0.39 is 0 Å². The molecule has 0 bridgehead atoms. The second-order valence-electron chi connectivity index (χ2n) is 6.58. The van der Waals surface area contributed by atoms with Gasteiger partial charge in [-0.25, -0.2) is 0 Å². The molecule has 1 amide bonds. The fraction of sp³-hybridized carbons (Fsp3) is 0.444. The van der Waals surface area contributed by atoms with Gasteiger partial charge >= 0.3 is 0 Å². The van der Waals surface area contributed by atoms with Crippen LogP contribution >= 0.6 is 0 Å². The van der Waals surface area contributed by atoms with Gasteiger partial charge in [-0.2, -0.15) is 5.26 Å². The zero-order valence-electron chi connectivity index (χ0n) is 13.2. The molecule has 4 rings (SSSR count). The lowest BCUT2D eigenvalue weighted by Gasteiger charge is -2.17. The molecule has 1 aliphatic heterocycles. The van der Waals surface area contributed by atoms with Gasteiger partial charge in [-0.1, -0.05) is 6.42 Å². The molecule has 5 nitrogen and oxygen atoms in total. The van der Waals surface area contributed by atoms with Crippen LogP contribution in [0.1, 0.15) is 40.9 Å². The molecule has 5 heteroatoms. The number of rotatable bonds is 2. The van der Waals surface area contributed by atoms with Gasteiger partial charge in [-0.15, -0.1) is 0 Å². The molecular formula is C18H19N3O2. The third-order valence-electron chi connectivity index (χ3n) is 5.24. The minimum absolute atomic E-state index is 0.0596. The molecule has 2 aliphatic rings. The van der Waals surface area contributed by atoms with Gasteiger partial charge in [0.2, 0.25) is 5.88 Å². The monoisotopic (exact) mass is 309 g/mol. The van der Waals surface area contributed by atoms with Gasteiger partial charge in [0.25, 0.3) is 5.91 Å². The van der Waals surface area contributed by atoms with E-state index in [2.05, 4.69) is 6.07 Å². The molecule has 0 N–H and O–H groups in total. The van der Waals surface area contributed by atoms with E-state index in [9.17, 15) is 10.1 Å². The normalized spacial score (nSPS) is 23.0. The Morgan fingerprint density at radius 3 is 2.52 bits per heavy atom. The molecule has 2 atom stereocenters. The Bertz CT molecular complexity index is 770. The summed E-state index contributed by atoms with van der Waals surface area (Å²) in [7, 11) is 0. The van der Waals surface area contributed by atoms with Crippen molar-refractivity contribution in [1.29, 1.82) is 5.26 Å². The third kappa shape index (κ3) is 2.17. The average Bonchev–Trinajstić information content (AvgIpc) is 3.28. The van der Waals surface area contributed by atoms with Crippen molar-refractivity contribution in [2.45, 2.75) is 26.2 Å². The van der Waals surface area contributed by atoms with Crippen LogP contribution in [0.15, 0.2) is 28.9 Å². The first kappa shape index (κ1) is 14.1. The van der Waals surface area contributed by atoms with E-state index in [-0.39, 0.29) is 5.91 Å². The molecule has 0 aromatic carbocycles. The van der Waals surface area contributed by atoms with Gasteiger partial charge in [0.05, 0.1) is 0 Å². The SMILES string of the molecule is Cc1oc(-n2cccc2)c(C#N)c1C(=O)N1C[C@H]2CCC[C@@H]2C1. The van der Waals surface area contributed by atoms with Crippen molar-refractivity contribution in [3.05, 3.63) is 41.4 Å². The Labute approximate surface area is 135 Å². The number of aromatic nitrogens is 1. The van der Waals surface area contributed by atoms with Crippen molar-refractivity contribution in [2.24, 2.45) is 11.8 Å². The van der Waals surface area contributed by atoms with Crippen molar-refractivity contribution in [1.82, 2.24) is 9.47 Å². The highest BCUT2D eigenvalue weighted by Gasteiger charge is 2.40. The molecule has 2 aromatic rings. The lowest BCUT2D eigenvalue weighted by Crippen LogP contribution is -2.30. The van der Waals surface area contributed by atoms with E-state index in [1.54, 1.807) is 11.5 Å². The zero-order chi connectivity index (χ0) is 16.0. The molecule has 2 fully saturated rings. The highest BCUT2D eigenvalue weighted by molar-refractivity contribution is 5.98. The van der Waals surface area contributed by atoms with E-state index in [1.807, 2.05) is 29.4 Å². The van der Waals surface area contributed by atoms with E-state index in [4.69, 9.17) is 4.42 Å². The summed E-state index contributed by atoms with van der Waals surface area (Å²) < 4.78 is 7.49. The first-order valence-corrected chi connectivity index (χ1v) is 8.15. The second-order valence-corrected chi connectivity index (χ2v) is 6.58. The summed E-state index contributed by atoms with van der Waals surface area (Å²) in [5.41, 5.74) is 0.761. The van der Waals surface area contributed by atoms with Crippen molar-refractivity contribution >= 4 is 5.91 Å². The third-order valence-corrected chi connectivity index (χ3v) is 5.24. The Morgan fingerprint density at radius 2 is 1.91 bits per heavy atom. The van der Waals surface area contributed by atoms with Gasteiger partial charge in [0.15, 0.2) is 0 Å². The first-order valence-electron chi connectivity index (χ1n) is 8.15. The topological polar surface area (TPSA) is 62.2 Å². The number of hydrogen-bond acceptors (Lipinski definition) is 3. The number of amides is 1. The van der Waals surface area contributed by atoms with Crippen molar-refractivity contribution in [2.75, 3.05) is 13.1 Å². The molecular weight excluding hydrogens is 290 g/mol. The second kappa shape index (κ2) is 5.31. The quantitative estimate of drug-likeness (QED) is 0.856. The molecule has 1 aliphatic carbocycles. The van der Waals surface area contributed by atoms with Crippen LogP contribution in [0.5, 0.6) is 0 Å². The molecule has 0 spiro atoms. The van der Waals surface area contributed by atoms with Gasteiger partial charge in [-0.3, -0.25) is 9.36 Å². The number of carbonyl (C=O) groups excluding carboxylic acids is 1. The number of hydrogen-bond donors (Lipinski definition) is 0. The van der Waals surface area contributed by atoms with E-state index in [0.717, 1.165) is 13.1 Å². The van der Waals surface area contributed by atoms with Crippen LogP contribution in [0, 0.1) is 30.1 Å². The number of likely N-dealkylation sites (tertiary alicyclic amines) is 1. The maximum absolute atomic E-state index is 13.0. The van der Waals surface area contributed by atoms with Gasteiger partial charge in [0.1, 0.15) is 23.0 Å². The highest BCUT2D eigenvalue weighted by atomic mass is 16.4. The molecule has 1 saturated carbocycles. The molecule has 23 heavy (non-hydrogen) atoms. The number of nitrogens with zero attached hydrogens (tertiary/aromatic N) is 3. The van der Waals surface area contributed by atoms with Crippen LogP contribution in [0.3, 0.4) is 0 Å². The van der Waals surface area contributed by atoms with Crippen LogP contribution in [-0.2, 0) is 0 Å². The van der Waals surface area contributed by atoms with E-state index in [1.165, 1.54) is 19.3 Å². The predicted molar refractivity (Wildman–Crippen MR) is 84.2 cm³/mol. The lowest BCUT2D eigenvalue weighted by molar-refractivity contribution is 0.0778. The molecule has 2 aromatic heterocycles. The smallest absolute Gasteiger partial charge is 0.258 e. The minimum Gasteiger partial charge on any atom is -0.443 e. The average molecular weight is 309 g/mol. The predicted octanol–water partition coefficient (Wildman–Crippen LogP) is 3.12. The fourth-order valence-corrected chi connectivity index (χ4v) is 4.10.